The van der Waals surface area contributed by atoms with Crippen LogP contribution in [0.3, 0.4) is 0 Å². The highest BCUT2D eigenvalue weighted by Gasteiger charge is 2.61. The summed E-state index contributed by atoms with van der Waals surface area (Å²) < 4.78 is 5.10. The average molecular weight is 317 g/mol. The minimum Gasteiger partial charge on any atom is -0.481 e. The lowest BCUT2D eigenvalue weighted by atomic mass is 9.69. The normalized spacial score (nSPS) is 31.0. The summed E-state index contributed by atoms with van der Waals surface area (Å²) in [4.78, 5) is 16.4. The molecule has 3 unspecified atom stereocenters. The number of nitrogens with one attached hydrogen (secondary N) is 2. The quantitative estimate of drug-likeness (QED) is 0.897. The molecule has 3 atom stereocenters. The summed E-state index contributed by atoms with van der Waals surface area (Å²) in [7, 11) is 1.59. The molecule has 5 heteroatoms. The van der Waals surface area contributed by atoms with Crippen molar-refractivity contribution in [2.24, 2.45) is 16.7 Å². The Balaban J connectivity index is 1.56. The number of hydrogen-bond acceptors (Lipinski definition) is 3. The number of methoxy groups -OCH3 is 1. The third-order valence-corrected chi connectivity index (χ3v) is 6.56. The predicted molar refractivity (Wildman–Crippen MR) is 89.2 cm³/mol. The van der Waals surface area contributed by atoms with E-state index in [0.29, 0.717) is 17.8 Å². The number of carbonyl (C=O) groups excluding carboxylic acids is 1. The number of hydrogen-bond donors (Lipinski definition) is 2. The van der Waals surface area contributed by atoms with Crippen molar-refractivity contribution < 1.29 is 9.53 Å². The fourth-order valence-corrected chi connectivity index (χ4v) is 4.49. The molecule has 0 radical (unpaired) electrons. The van der Waals surface area contributed by atoms with Gasteiger partial charge in [0.1, 0.15) is 0 Å². The van der Waals surface area contributed by atoms with E-state index in [4.69, 9.17) is 4.74 Å². The van der Waals surface area contributed by atoms with Gasteiger partial charge >= 0.3 is 6.03 Å². The lowest BCUT2D eigenvalue weighted by Crippen LogP contribution is -2.49. The summed E-state index contributed by atoms with van der Waals surface area (Å²) in [5.74, 6) is 1.29. The van der Waals surface area contributed by atoms with Gasteiger partial charge < -0.3 is 15.4 Å². The van der Waals surface area contributed by atoms with Crippen molar-refractivity contribution in [2.75, 3.05) is 7.11 Å². The smallest absolute Gasteiger partial charge is 0.315 e. The first-order chi connectivity index (χ1) is 10.9. The molecule has 1 heterocycles. The Hall–Kier alpha value is -1.78. The Bertz CT molecular complexity index is 602. The fraction of sp³-hybridized carbons (Fsp3) is 0.667. The van der Waals surface area contributed by atoms with Gasteiger partial charge in [0.15, 0.2) is 0 Å². The lowest BCUT2D eigenvalue weighted by molar-refractivity contribution is 0.123. The van der Waals surface area contributed by atoms with Crippen LogP contribution in [0.1, 0.15) is 45.6 Å². The Morgan fingerprint density at radius 1 is 1.43 bits per heavy atom. The standard InChI is InChI=1S/C18H27N3O2/c1-17(2)13-5-7-18(17,3)14(10-13)21-16(22)20-11-12-6-8-19-15(9-12)23-4/h6,8-9,13-14H,5,7,10-11H2,1-4H3,(H2,20,21,22). The first-order valence-electron chi connectivity index (χ1n) is 8.40. The van der Waals surface area contributed by atoms with Crippen LogP contribution >= 0.6 is 0 Å². The molecule has 0 spiro atoms. The monoisotopic (exact) mass is 317 g/mol. The molecular formula is C18H27N3O2. The Morgan fingerprint density at radius 2 is 2.22 bits per heavy atom. The van der Waals surface area contributed by atoms with Crippen LogP contribution in [0, 0.1) is 16.7 Å². The van der Waals surface area contributed by atoms with Crippen molar-refractivity contribution in [3.8, 4) is 5.88 Å². The number of amides is 2. The van der Waals surface area contributed by atoms with Gasteiger partial charge in [-0.1, -0.05) is 20.8 Å². The van der Waals surface area contributed by atoms with Gasteiger partial charge in [0, 0.05) is 24.8 Å². The SMILES string of the molecule is COc1cc(CNC(=O)NC2CC3CCC2(C)C3(C)C)ccn1. The van der Waals surface area contributed by atoms with E-state index in [2.05, 4.69) is 36.4 Å². The minimum atomic E-state index is -0.0876. The maximum atomic E-state index is 12.3. The molecule has 2 amide bonds. The highest BCUT2D eigenvalue weighted by atomic mass is 16.5. The largest absolute Gasteiger partial charge is 0.481 e. The van der Waals surface area contributed by atoms with Crippen LogP contribution in [0.5, 0.6) is 5.88 Å². The third kappa shape index (κ3) is 2.66. The van der Waals surface area contributed by atoms with E-state index in [1.165, 1.54) is 12.8 Å². The summed E-state index contributed by atoms with van der Waals surface area (Å²) in [5, 5.41) is 6.16. The Morgan fingerprint density at radius 3 is 2.83 bits per heavy atom. The molecule has 1 aromatic heterocycles. The summed E-state index contributed by atoms with van der Waals surface area (Å²) >= 11 is 0. The van der Waals surface area contributed by atoms with Crippen molar-refractivity contribution in [3.05, 3.63) is 23.9 Å². The third-order valence-electron chi connectivity index (χ3n) is 6.56. The summed E-state index contributed by atoms with van der Waals surface area (Å²) in [6, 6.07) is 3.89. The molecule has 2 saturated carbocycles. The fourth-order valence-electron chi connectivity index (χ4n) is 4.49. The second kappa shape index (κ2) is 5.69. The number of carbonyl (C=O) groups is 1. The maximum Gasteiger partial charge on any atom is 0.315 e. The predicted octanol–water partition coefficient (Wildman–Crippen LogP) is 3.10. The van der Waals surface area contributed by atoms with Crippen molar-refractivity contribution in [1.29, 1.82) is 0 Å². The molecule has 126 valence electrons. The number of rotatable bonds is 4. The zero-order chi connectivity index (χ0) is 16.7. The number of aromatic nitrogens is 1. The molecule has 2 aliphatic rings. The van der Waals surface area contributed by atoms with Gasteiger partial charge in [0.2, 0.25) is 5.88 Å². The molecule has 0 aromatic carbocycles. The minimum absolute atomic E-state index is 0.0876. The van der Waals surface area contributed by atoms with Crippen LogP contribution in [0.2, 0.25) is 0 Å². The van der Waals surface area contributed by atoms with E-state index in [0.717, 1.165) is 17.9 Å². The van der Waals surface area contributed by atoms with Crippen molar-refractivity contribution >= 4 is 6.03 Å². The molecule has 1 aromatic rings. The Labute approximate surface area is 138 Å². The molecule has 0 saturated heterocycles. The summed E-state index contributed by atoms with van der Waals surface area (Å²) in [5.41, 5.74) is 1.49. The van der Waals surface area contributed by atoms with Gasteiger partial charge in [0.05, 0.1) is 7.11 Å². The van der Waals surface area contributed by atoms with Gasteiger partial charge in [-0.05, 0) is 47.6 Å². The van der Waals surface area contributed by atoms with E-state index >= 15 is 0 Å². The molecule has 2 N–H and O–H groups in total. The first-order valence-corrected chi connectivity index (χ1v) is 8.40. The highest BCUT2D eigenvalue weighted by Crippen LogP contribution is 2.65. The number of pyridine rings is 1. The average Bonchev–Trinajstić information content (AvgIpc) is 2.86. The molecule has 5 nitrogen and oxygen atoms in total. The molecule has 2 aliphatic carbocycles. The number of nitrogens with zero attached hydrogens (tertiary/aromatic N) is 1. The number of urea groups is 1. The van der Waals surface area contributed by atoms with E-state index in [-0.39, 0.29) is 17.5 Å². The topological polar surface area (TPSA) is 63.2 Å². The first kappa shape index (κ1) is 16.1. The number of ether oxygens (including phenoxy) is 1. The van der Waals surface area contributed by atoms with Crippen LogP contribution in [0.15, 0.2) is 18.3 Å². The molecule has 3 rings (SSSR count). The highest BCUT2D eigenvalue weighted by molar-refractivity contribution is 5.74. The second-order valence-electron chi connectivity index (χ2n) is 7.70. The van der Waals surface area contributed by atoms with Crippen LogP contribution in [0.25, 0.3) is 0 Å². The van der Waals surface area contributed by atoms with Crippen LogP contribution in [-0.2, 0) is 6.54 Å². The van der Waals surface area contributed by atoms with Crippen LogP contribution < -0.4 is 15.4 Å². The van der Waals surface area contributed by atoms with Gasteiger partial charge in [-0.15, -0.1) is 0 Å². The molecule has 2 fully saturated rings. The molecule has 2 bridgehead atoms. The van der Waals surface area contributed by atoms with Crippen molar-refractivity contribution in [3.63, 3.8) is 0 Å². The maximum absolute atomic E-state index is 12.3. The van der Waals surface area contributed by atoms with E-state index in [1.807, 2.05) is 12.1 Å². The van der Waals surface area contributed by atoms with E-state index in [9.17, 15) is 4.79 Å². The van der Waals surface area contributed by atoms with E-state index < -0.39 is 0 Å². The molecule has 0 aliphatic heterocycles. The van der Waals surface area contributed by atoms with Gasteiger partial charge in [0.25, 0.3) is 0 Å². The Kier molecular flexibility index (Phi) is 3.98. The van der Waals surface area contributed by atoms with Crippen molar-refractivity contribution in [2.45, 2.75) is 52.6 Å². The van der Waals surface area contributed by atoms with E-state index in [1.54, 1.807) is 13.3 Å². The summed E-state index contributed by atoms with van der Waals surface area (Å²) in [6.07, 6.45) is 5.28. The van der Waals surface area contributed by atoms with Gasteiger partial charge in [-0.2, -0.15) is 0 Å². The second-order valence-corrected chi connectivity index (χ2v) is 7.70. The van der Waals surface area contributed by atoms with Crippen molar-refractivity contribution in [1.82, 2.24) is 15.6 Å². The zero-order valence-electron chi connectivity index (χ0n) is 14.5. The zero-order valence-corrected chi connectivity index (χ0v) is 14.5. The van der Waals surface area contributed by atoms with Gasteiger partial charge in [-0.3, -0.25) is 0 Å². The number of fused-ring (bicyclic) bond motifs is 2. The van der Waals surface area contributed by atoms with Crippen LogP contribution in [0.4, 0.5) is 4.79 Å². The molecule has 23 heavy (non-hydrogen) atoms. The molecular weight excluding hydrogens is 290 g/mol. The van der Waals surface area contributed by atoms with Gasteiger partial charge in [-0.25, -0.2) is 9.78 Å². The van der Waals surface area contributed by atoms with Crippen LogP contribution in [-0.4, -0.2) is 24.2 Å². The lowest BCUT2D eigenvalue weighted by Gasteiger charge is -2.39. The summed E-state index contributed by atoms with van der Waals surface area (Å²) in [6.45, 7) is 7.51.